The number of nitrogens with zero attached hydrogens (tertiary/aromatic N) is 4. The summed E-state index contributed by atoms with van der Waals surface area (Å²) in [7, 11) is 0. The normalized spacial score (nSPS) is 17.4. The molecule has 4 heterocycles. The molecule has 0 bridgehead atoms. The fraction of sp³-hybridized carbons (Fsp3) is 0.484. The van der Waals surface area contributed by atoms with Crippen molar-refractivity contribution in [3.63, 3.8) is 0 Å². The zero-order valence-corrected chi connectivity index (χ0v) is 23.0. The van der Waals surface area contributed by atoms with Crippen LogP contribution in [-0.4, -0.2) is 18.8 Å². The van der Waals surface area contributed by atoms with Crippen LogP contribution in [-0.2, 0) is 25.7 Å². The molecule has 2 aliphatic carbocycles. The van der Waals surface area contributed by atoms with Gasteiger partial charge in [-0.1, -0.05) is 44.9 Å². The maximum Gasteiger partial charge on any atom is 0.285 e. The molecule has 5 aromatic rings. The smallest absolute Gasteiger partial charge is 0.285 e. The number of aromatic nitrogens is 4. The highest BCUT2D eigenvalue weighted by atomic mass is 16.1. The fourth-order valence-electron chi connectivity index (χ4n) is 7.29. The van der Waals surface area contributed by atoms with Crippen molar-refractivity contribution in [2.75, 3.05) is 0 Å². The average molecular weight is 553 g/mol. The number of nitrogens with one attached hydrogen (secondary N) is 2. The molecule has 2 N–H and O–H groups in total. The summed E-state index contributed by atoms with van der Waals surface area (Å²) < 4.78 is 2.64. The predicted molar refractivity (Wildman–Crippen MR) is 155 cm³/mol. The van der Waals surface area contributed by atoms with Gasteiger partial charge in [-0.2, -0.15) is 9.97 Å². The second-order valence-corrected chi connectivity index (χ2v) is 11.8. The third-order valence-electron chi connectivity index (χ3n) is 9.32. The molecule has 0 unspecified atom stereocenters. The lowest BCUT2D eigenvalue weighted by Gasteiger charge is -2.08. The van der Waals surface area contributed by atoms with Crippen LogP contribution in [0.1, 0.15) is 92.9 Å². The molecule has 0 aliphatic heterocycles. The fourth-order valence-corrected chi connectivity index (χ4v) is 7.29. The highest BCUT2D eigenvalue weighted by Gasteiger charge is 2.28. The monoisotopic (exact) mass is 552 g/mol. The van der Waals surface area contributed by atoms with Gasteiger partial charge in [0.1, 0.15) is 44.1 Å². The van der Waals surface area contributed by atoms with Crippen LogP contribution in [0.5, 0.6) is 0 Å². The molecule has 0 spiro atoms. The molecule has 1 aromatic carbocycles. The van der Waals surface area contributed by atoms with Crippen LogP contribution in [0.2, 0.25) is 0 Å². The van der Waals surface area contributed by atoms with Gasteiger partial charge in [0, 0.05) is 22.3 Å². The highest BCUT2D eigenvalue weighted by molar-refractivity contribution is 5.96. The van der Waals surface area contributed by atoms with Gasteiger partial charge in [0.25, 0.3) is 11.1 Å². The van der Waals surface area contributed by atoms with Crippen LogP contribution in [0.15, 0.2) is 19.2 Å². The van der Waals surface area contributed by atoms with E-state index in [1.165, 1.54) is 15.2 Å². The predicted octanol–water partition coefficient (Wildman–Crippen LogP) is 2.49. The lowest BCUT2D eigenvalue weighted by atomic mass is 9.96. The first-order valence-electron chi connectivity index (χ1n) is 15.0. The zero-order valence-electron chi connectivity index (χ0n) is 23.0. The number of rotatable bonds is 0. The van der Waals surface area contributed by atoms with E-state index in [0.29, 0.717) is 25.7 Å². The quantitative estimate of drug-likeness (QED) is 0.282. The van der Waals surface area contributed by atoms with E-state index >= 15 is 0 Å². The van der Waals surface area contributed by atoms with Gasteiger partial charge in [-0.25, -0.2) is 0 Å². The van der Waals surface area contributed by atoms with Crippen molar-refractivity contribution >= 4 is 33.1 Å². The molecule has 10 nitrogen and oxygen atoms in total. The second kappa shape index (κ2) is 9.78. The van der Waals surface area contributed by atoms with Gasteiger partial charge in [0.15, 0.2) is 0 Å². The topological polar surface area (TPSA) is 151 Å². The van der Waals surface area contributed by atoms with Crippen molar-refractivity contribution in [2.45, 2.75) is 96.3 Å². The van der Waals surface area contributed by atoms with Gasteiger partial charge >= 0.3 is 0 Å². The van der Waals surface area contributed by atoms with E-state index in [1.807, 2.05) is 0 Å². The molecule has 2 aliphatic rings. The van der Waals surface area contributed by atoms with E-state index in [2.05, 4.69) is 9.97 Å². The molecule has 0 saturated carbocycles. The summed E-state index contributed by atoms with van der Waals surface area (Å²) >= 11 is 0. The van der Waals surface area contributed by atoms with E-state index in [0.717, 1.165) is 86.5 Å². The van der Waals surface area contributed by atoms with Crippen LogP contribution in [0, 0.1) is 10.8 Å². The molecule has 4 aromatic heterocycles. The van der Waals surface area contributed by atoms with Gasteiger partial charge in [-0.3, -0.25) is 38.8 Å². The summed E-state index contributed by atoms with van der Waals surface area (Å²) in [6, 6.07) is 0. The Balaban J connectivity index is 1.63. The Kier molecular flexibility index (Phi) is 6.17. The standard InChI is InChI=1S/C31H32N6O4/c32-26-16-12-8-4-2-1-3-5-10-14-18(16)28-34-30(40)20-22(36(26)28)24(38)21-23(25(20)39)37-27(33)17-13-9-6-7-11-15-19(17)29(37)35-31(21)41/h32-33H,1-15H2. The summed E-state index contributed by atoms with van der Waals surface area (Å²) in [5.41, 5.74) is -0.184. The molecular weight excluding hydrogens is 520 g/mol. The van der Waals surface area contributed by atoms with Crippen LogP contribution < -0.4 is 33.0 Å². The summed E-state index contributed by atoms with van der Waals surface area (Å²) in [4.78, 5) is 63.9. The Hall–Kier alpha value is -4.08. The number of hydrogen-bond donors (Lipinski definition) is 2. The SMILES string of the molecule is N=c1c2c(c3nc(=O)c4c(=O)c5c(c(=O)nc6c7c(c(=N)n65)CCCCCC7)c(=O)c4n13)CCCCCCCCC2. The minimum absolute atomic E-state index is 0.0416. The molecule has 210 valence electrons. The van der Waals surface area contributed by atoms with Crippen LogP contribution in [0.3, 0.4) is 0 Å². The van der Waals surface area contributed by atoms with Crippen molar-refractivity contribution in [3.8, 4) is 0 Å². The molecule has 0 fully saturated rings. The maximum absolute atomic E-state index is 14.2. The molecule has 10 heteroatoms. The molecule has 0 atom stereocenters. The minimum atomic E-state index is -0.836. The molecular formula is C31H32N6O4. The molecule has 0 amide bonds. The Morgan fingerprint density at radius 3 is 1.15 bits per heavy atom. The van der Waals surface area contributed by atoms with E-state index in [4.69, 9.17) is 10.8 Å². The van der Waals surface area contributed by atoms with Crippen molar-refractivity contribution in [3.05, 3.63) is 74.4 Å². The minimum Gasteiger partial charge on any atom is -0.287 e. The van der Waals surface area contributed by atoms with Gasteiger partial charge in [0.05, 0.1) is 0 Å². The van der Waals surface area contributed by atoms with E-state index < -0.39 is 32.7 Å². The number of aryl methyl sites for hydroxylation is 2. The highest BCUT2D eigenvalue weighted by Crippen LogP contribution is 2.24. The maximum atomic E-state index is 14.2. The first kappa shape index (κ1) is 25.9. The Labute approximate surface area is 233 Å². The van der Waals surface area contributed by atoms with Gasteiger partial charge in [0.2, 0.25) is 10.9 Å². The summed E-state index contributed by atoms with van der Waals surface area (Å²) in [6.07, 6.45) is 13.6. The van der Waals surface area contributed by atoms with Crippen molar-refractivity contribution in [2.24, 2.45) is 0 Å². The van der Waals surface area contributed by atoms with Crippen LogP contribution in [0.25, 0.3) is 33.1 Å². The van der Waals surface area contributed by atoms with E-state index in [9.17, 15) is 19.2 Å². The number of hydrogen-bond acceptors (Lipinski definition) is 8. The molecule has 7 rings (SSSR count). The van der Waals surface area contributed by atoms with Crippen molar-refractivity contribution in [1.29, 1.82) is 10.8 Å². The van der Waals surface area contributed by atoms with E-state index in [-0.39, 0.29) is 33.3 Å². The number of benzene rings is 1. The molecule has 41 heavy (non-hydrogen) atoms. The van der Waals surface area contributed by atoms with E-state index in [1.54, 1.807) is 0 Å². The Morgan fingerprint density at radius 1 is 0.463 bits per heavy atom. The third kappa shape index (κ3) is 3.75. The summed E-state index contributed by atoms with van der Waals surface area (Å²) in [5.74, 6) is 0. The lowest BCUT2D eigenvalue weighted by molar-refractivity contribution is 0.587. The van der Waals surface area contributed by atoms with Crippen molar-refractivity contribution in [1.82, 2.24) is 18.8 Å². The van der Waals surface area contributed by atoms with Crippen LogP contribution in [0.4, 0.5) is 0 Å². The summed E-state index contributed by atoms with van der Waals surface area (Å²) in [6.45, 7) is 0. The molecule has 0 saturated heterocycles. The zero-order chi connectivity index (χ0) is 28.4. The largest absolute Gasteiger partial charge is 0.287 e. The first-order valence-corrected chi connectivity index (χ1v) is 15.0. The van der Waals surface area contributed by atoms with Crippen LogP contribution >= 0.6 is 0 Å². The number of fused-ring (bicyclic) bond motifs is 10. The first-order chi connectivity index (χ1) is 19.9. The third-order valence-corrected chi connectivity index (χ3v) is 9.32. The second-order valence-electron chi connectivity index (χ2n) is 11.8. The van der Waals surface area contributed by atoms with Gasteiger partial charge in [-0.05, 0) is 51.4 Å². The average Bonchev–Trinajstić information content (AvgIpc) is 3.30. The van der Waals surface area contributed by atoms with Gasteiger partial charge < -0.3 is 0 Å². The van der Waals surface area contributed by atoms with Crippen molar-refractivity contribution < 1.29 is 0 Å². The lowest BCUT2D eigenvalue weighted by Crippen LogP contribution is -2.33. The summed E-state index contributed by atoms with van der Waals surface area (Å²) in [5, 5.41) is 17.2. The Bertz CT molecular complexity index is 2220. The Morgan fingerprint density at radius 2 is 0.780 bits per heavy atom. The van der Waals surface area contributed by atoms with Gasteiger partial charge in [-0.15, -0.1) is 0 Å². The molecule has 0 radical (unpaired) electrons.